The highest BCUT2D eigenvalue weighted by atomic mass is 19.4. The molecule has 1 N–H and O–H groups in total. The summed E-state index contributed by atoms with van der Waals surface area (Å²) in [6, 6.07) is 11.0. The first-order chi connectivity index (χ1) is 8.98. The van der Waals surface area contributed by atoms with Crippen LogP contribution in [-0.4, -0.2) is 18.4 Å². The molecule has 2 aromatic rings. The summed E-state index contributed by atoms with van der Waals surface area (Å²) in [5.41, 5.74) is 1.12. The van der Waals surface area contributed by atoms with Crippen LogP contribution >= 0.6 is 0 Å². The number of aromatic nitrogens is 1. The number of halogens is 3. The number of rotatable bonds is 3. The predicted octanol–water partition coefficient (Wildman–Crippen LogP) is 3.69. The fraction of sp³-hybridized carbons (Fsp3) is 0.154. The van der Waals surface area contributed by atoms with Gasteiger partial charge in [-0.3, -0.25) is 0 Å². The lowest BCUT2D eigenvalue weighted by Gasteiger charge is -2.10. The Balaban J connectivity index is 2.32. The van der Waals surface area contributed by atoms with Crippen LogP contribution in [-0.2, 0) is 0 Å². The topological polar surface area (TPSA) is 34.1 Å². The second kappa shape index (κ2) is 5.17. The summed E-state index contributed by atoms with van der Waals surface area (Å²) in [6.45, 7) is 0. The zero-order chi connectivity index (χ0) is 13.9. The van der Waals surface area contributed by atoms with Gasteiger partial charge in [0.2, 0.25) is 0 Å². The van der Waals surface area contributed by atoms with Crippen LogP contribution in [0.2, 0.25) is 0 Å². The Hall–Kier alpha value is -2.24. The smallest absolute Gasteiger partial charge is 0.406 e. The molecule has 1 aromatic heterocycles. The number of nitrogens with one attached hydrogen (secondary N) is 1. The van der Waals surface area contributed by atoms with Crippen molar-refractivity contribution in [2.24, 2.45) is 0 Å². The van der Waals surface area contributed by atoms with E-state index in [1.807, 2.05) is 0 Å². The molecular formula is C13H11F3N2O. The zero-order valence-corrected chi connectivity index (χ0v) is 10.0. The van der Waals surface area contributed by atoms with Crippen LogP contribution in [0.15, 0.2) is 42.5 Å². The van der Waals surface area contributed by atoms with E-state index in [0.717, 1.165) is 0 Å². The van der Waals surface area contributed by atoms with Crippen LogP contribution in [0, 0.1) is 0 Å². The largest absolute Gasteiger partial charge is 0.573 e. The molecule has 0 bridgehead atoms. The summed E-state index contributed by atoms with van der Waals surface area (Å²) >= 11 is 0. The first-order valence-electron chi connectivity index (χ1n) is 5.49. The quantitative estimate of drug-likeness (QED) is 0.921. The summed E-state index contributed by atoms with van der Waals surface area (Å²) in [5, 5.41) is 2.87. The summed E-state index contributed by atoms with van der Waals surface area (Å²) in [4.78, 5) is 4.25. The molecule has 1 aromatic carbocycles. The van der Waals surface area contributed by atoms with Gasteiger partial charge in [-0.05, 0) is 24.3 Å². The van der Waals surface area contributed by atoms with Gasteiger partial charge in [-0.15, -0.1) is 13.2 Å². The molecule has 0 aliphatic heterocycles. The normalized spacial score (nSPS) is 11.2. The van der Waals surface area contributed by atoms with Crippen LogP contribution in [0.5, 0.6) is 5.75 Å². The van der Waals surface area contributed by atoms with Gasteiger partial charge < -0.3 is 10.1 Å². The molecule has 0 spiro atoms. The maximum Gasteiger partial charge on any atom is 0.573 e. The van der Waals surface area contributed by atoms with E-state index in [4.69, 9.17) is 0 Å². The molecule has 1 heterocycles. The van der Waals surface area contributed by atoms with Gasteiger partial charge >= 0.3 is 6.36 Å². The molecule has 0 saturated carbocycles. The number of benzene rings is 1. The van der Waals surface area contributed by atoms with Gasteiger partial charge in [0.05, 0.1) is 5.69 Å². The summed E-state index contributed by atoms with van der Waals surface area (Å²) in [7, 11) is 1.72. The molecular weight excluding hydrogens is 257 g/mol. The van der Waals surface area contributed by atoms with E-state index >= 15 is 0 Å². The van der Waals surface area contributed by atoms with E-state index < -0.39 is 6.36 Å². The summed E-state index contributed by atoms with van der Waals surface area (Å²) in [6.07, 6.45) is -4.70. The van der Waals surface area contributed by atoms with Crippen molar-refractivity contribution in [1.82, 2.24) is 4.98 Å². The van der Waals surface area contributed by atoms with E-state index in [1.54, 1.807) is 31.3 Å². The minimum absolute atomic E-state index is 0.262. The average molecular weight is 268 g/mol. The number of hydrogen-bond donors (Lipinski definition) is 1. The zero-order valence-electron chi connectivity index (χ0n) is 10.0. The molecule has 0 saturated heterocycles. The number of ether oxygens (including phenoxy) is 1. The molecule has 0 aliphatic carbocycles. The standard InChI is InChI=1S/C13H11F3N2O/c1-17-12-7-3-6-11(18-12)9-4-2-5-10(8-9)19-13(14,15)16/h2-8H,1H3,(H,17,18). The third-order valence-electron chi connectivity index (χ3n) is 2.37. The fourth-order valence-electron chi connectivity index (χ4n) is 1.59. The van der Waals surface area contributed by atoms with Crippen LogP contribution < -0.4 is 10.1 Å². The molecule has 0 aliphatic rings. The third kappa shape index (κ3) is 3.61. The van der Waals surface area contributed by atoms with Crippen molar-refractivity contribution < 1.29 is 17.9 Å². The van der Waals surface area contributed by atoms with Crippen molar-refractivity contribution in [2.45, 2.75) is 6.36 Å². The number of hydrogen-bond acceptors (Lipinski definition) is 3. The third-order valence-corrected chi connectivity index (χ3v) is 2.37. The lowest BCUT2D eigenvalue weighted by Crippen LogP contribution is -2.17. The Morgan fingerprint density at radius 3 is 2.53 bits per heavy atom. The van der Waals surface area contributed by atoms with Crippen LogP contribution in [0.3, 0.4) is 0 Å². The molecule has 0 radical (unpaired) electrons. The maximum atomic E-state index is 12.1. The molecule has 3 nitrogen and oxygen atoms in total. The fourth-order valence-corrected chi connectivity index (χ4v) is 1.59. The number of anilines is 1. The second-order valence-electron chi connectivity index (χ2n) is 3.73. The van der Waals surface area contributed by atoms with Crippen molar-refractivity contribution in [3.8, 4) is 17.0 Å². The Bertz CT molecular complexity index is 570. The number of nitrogens with zero attached hydrogens (tertiary/aromatic N) is 1. The van der Waals surface area contributed by atoms with Gasteiger partial charge in [-0.2, -0.15) is 0 Å². The molecule has 2 rings (SSSR count). The highest BCUT2D eigenvalue weighted by molar-refractivity contribution is 5.63. The predicted molar refractivity (Wildman–Crippen MR) is 65.9 cm³/mol. The SMILES string of the molecule is CNc1cccc(-c2cccc(OC(F)(F)F)c2)n1. The van der Waals surface area contributed by atoms with Gasteiger partial charge in [0.15, 0.2) is 0 Å². The van der Waals surface area contributed by atoms with Crippen LogP contribution in [0.4, 0.5) is 19.0 Å². The highest BCUT2D eigenvalue weighted by Gasteiger charge is 2.31. The van der Waals surface area contributed by atoms with Gasteiger partial charge in [0, 0.05) is 12.6 Å². The van der Waals surface area contributed by atoms with Crippen molar-refractivity contribution >= 4 is 5.82 Å². The average Bonchev–Trinajstić information content (AvgIpc) is 2.37. The molecule has 6 heteroatoms. The number of pyridine rings is 1. The van der Waals surface area contributed by atoms with E-state index in [-0.39, 0.29) is 5.75 Å². The summed E-state index contributed by atoms with van der Waals surface area (Å²) in [5.74, 6) is 0.376. The van der Waals surface area contributed by atoms with Gasteiger partial charge in [0.1, 0.15) is 11.6 Å². The van der Waals surface area contributed by atoms with Gasteiger partial charge in [-0.25, -0.2) is 4.98 Å². The van der Waals surface area contributed by atoms with Crippen molar-refractivity contribution in [1.29, 1.82) is 0 Å². The lowest BCUT2D eigenvalue weighted by atomic mass is 10.1. The minimum Gasteiger partial charge on any atom is -0.406 e. The highest BCUT2D eigenvalue weighted by Crippen LogP contribution is 2.27. The second-order valence-corrected chi connectivity index (χ2v) is 3.73. The number of alkyl halides is 3. The van der Waals surface area contributed by atoms with Crippen LogP contribution in [0.1, 0.15) is 0 Å². The Morgan fingerprint density at radius 1 is 1.11 bits per heavy atom. The Morgan fingerprint density at radius 2 is 1.84 bits per heavy atom. The molecule has 100 valence electrons. The van der Waals surface area contributed by atoms with Crippen molar-refractivity contribution in [2.75, 3.05) is 12.4 Å². The monoisotopic (exact) mass is 268 g/mol. The van der Waals surface area contributed by atoms with E-state index in [0.29, 0.717) is 17.1 Å². The molecule has 0 amide bonds. The lowest BCUT2D eigenvalue weighted by molar-refractivity contribution is -0.274. The maximum absolute atomic E-state index is 12.1. The molecule has 0 atom stereocenters. The van der Waals surface area contributed by atoms with Crippen molar-refractivity contribution in [3.63, 3.8) is 0 Å². The summed E-state index contributed by atoms with van der Waals surface area (Å²) < 4.78 is 40.3. The minimum atomic E-state index is -4.70. The molecule has 0 fully saturated rings. The molecule has 19 heavy (non-hydrogen) atoms. The van der Waals surface area contributed by atoms with E-state index in [9.17, 15) is 13.2 Å². The van der Waals surface area contributed by atoms with E-state index in [1.165, 1.54) is 18.2 Å². The van der Waals surface area contributed by atoms with Crippen LogP contribution in [0.25, 0.3) is 11.3 Å². The first-order valence-corrected chi connectivity index (χ1v) is 5.49. The van der Waals surface area contributed by atoms with Crippen molar-refractivity contribution in [3.05, 3.63) is 42.5 Å². The van der Waals surface area contributed by atoms with Gasteiger partial charge in [0.25, 0.3) is 0 Å². The first kappa shape index (κ1) is 13.2. The Kier molecular flexibility index (Phi) is 3.59. The Labute approximate surface area is 108 Å². The van der Waals surface area contributed by atoms with E-state index in [2.05, 4.69) is 15.0 Å². The van der Waals surface area contributed by atoms with Gasteiger partial charge in [-0.1, -0.05) is 18.2 Å². The molecule has 0 unspecified atom stereocenters.